The molecular weight excluding hydrogens is 252 g/mol. The maximum atomic E-state index is 4.38. The van der Waals surface area contributed by atoms with Crippen LogP contribution in [-0.4, -0.2) is 29.5 Å². The van der Waals surface area contributed by atoms with Gasteiger partial charge in [0.05, 0.1) is 0 Å². The monoisotopic (exact) mass is 268 g/mol. The minimum Gasteiger partial charge on any atom is -0.303 e. The van der Waals surface area contributed by atoms with Crippen LogP contribution in [0.1, 0.15) is 25.0 Å². The molecule has 0 aliphatic carbocycles. The summed E-state index contributed by atoms with van der Waals surface area (Å²) >= 11 is 3.40. The zero-order valence-electron chi connectivity index (χ0n) is 8.95. The van der Waals surface area contributed by atoms with Crippen LogP contribution in [-0.2, 0) is 6.42 Å². The fraction of sp³-hybridized carbons (Fsp3) is 0.583. The van der Waals surface area contributed by atoms with E-state index in [1.165, 1.54) is 44.6 Å². The summed E-state index contributed by atoms with van der Waals surface area (Å²) in [6.07, 6.45) is 6.98. The molecule has 1 saturated heterocycles. The number of nitrogens with zero attached hydrogens (tertiary/aromatic N) is 2. The standard InChI is InChI=1S/C12H17BrN2/c13-11-5-6-12(14-10-11)4-3-9-15-7-1-2-8-15/h5-6,10H,1-4,7-9H2. The molecule has 15 heavy (non-hydrogen) atoms. The van der Waals surface area contributed by atoms with E-state index < -0.39 is 0 Å². The van der Waals surface area contributed by atoms with E-state index in [1.54, 1.807) is 0 Å². The first kappa shape index (κ1) is 11.1. The summed E-state index contributed by atoms with van der Waals surface area (Å²) in [5.74, 6) is 0. The number of halogens is 1. The largest absolute Gasteiger partial charge is 0.303 e. The molecule has 0 radical (unpaired) electrons. The van der Waals surface area contributed by atoms with Gasteiger partial charge in [-0.2, -0.15) is 0 Å². The van der Waals surface area contributed by atoms with Gasteiger partial charge in [0.25, 0.3) is 0 Å². The molecule has 3 heteroatoms. The van der Waals surface area contributed by atoms with E-state index in [1.807, 2.05) is 6.20 Å². The second-order valence-corrected chi connectivity index (χ2v) is 5.04. The topological polar surface area (TPSA) is 16.1 Å². The van der Waals surface area contributed by atoms with Gasteiger partial charge < -0.3 is 4.90 Å². The van der Waals surface area contributed by atoms with Crippen molar-refractivity contribution in [1.82, 2.24) is 9.88 Å². The Bertz CT molecular complexity index is 291. The van der Waals surface area contributed by atoms with Gasteiger partial charge in [0.15, 0.2) is 0 Å². The van der Waals surface area contributed by atoms with Crippen molar-refractivity contribution < 1.29 is 0 Å². The first-order valence-corrected chi connectivity index (χ1v) is 6.47. The summed E-state index contributed by atoms with van der Waals surface area (Å²) in [5.41, 5.74) is 1.21. The van der Waals surface area contributed by atoms with Crippen LogP contribution in [0.4, 0.5) is 0 Å². The number of hydrogen-bond donors (Lipinski definition) is 0. The molecule has 1 aliphatic heterocycles. The van der Waals surface area contributed by atoms with Crippen molar-refractivity contribution in [2.45, 2.75) is 25.7 Å². The van der Waals surface area contributed by atoms with Crippen molar-refractivity contribution in [3.05, 3.63) is 28.5 Å². The van der Waals surface area contributed by atoms with Gasteiger partial charge in [0, 0.05) is 16.4 Å². The highest BCUT2D eigenvalue weighted by atomic mass is 79.9. The maximum Gasteiger partial charge on any atom is 0.0413 e. The summed E-state index contributed by atoms with van der Waals surface area (Å²) in [7, 11) is 0. The molecule has 0 saturated carbocycles. The van der Waals surface area contributed by atoms with E-state index >= 15 is 0 Å². The molecule has 0 unspecified atom stereocenters. The summed E-state index contributed by atoms with van der Waals surface area (Å²) in [6, 6.07) is 4.17. The molecule has 0 aromatic carbocycles. The summed E-state index contributed by atoms with van der Waals surface area (Å²) in [4.78, 5) is 6.93. The minimum absolute atomic E-state index is 1.06. The lowest BCUT2D eigenvalue weighted by atomic mass is 10.2. The zero-order valence-corrected chi connectivity index (χ0v) is 10.5. The van der Waals surface area contributed by atoms with Crippen LogP contribution in [0.3, 0.4) is 0 Å². The summed E-state index contributed by atoms with van der Waals surface area (Å²) in [6.45, 7) is 3.83. The summed E-state index contributed by atoms with van der Waals surface area (Å²) < 4.78 is 1.06. The lowest BCUT2D eigenvalue weighted by Crippen LogP contribution is -2.20. The third kappa shape index (κ3) is 3.58. The van der Waals surface area contributed by atoms with Gasteiger partial charge in [-0.25, -0.2) is 0 Å². The van der Waals surface area contributed by atoms with Crippen LogP contribution in [0.25, 0.3) is 0 Å². The average Bonchev–Trinajstić information content (AvgIpc) is 2.74. The quantitative estimate of drug-likeness (QED) is 0.835. The van der Waals surface area contributed by atoms with Crippen molar-refractivity contribution in [3.63, 3.8) is 0 Å². The zero-order chi connectivity index (χ0) is 10.5. The maximum absolute atomic E-state index is 4.38. The Kier molecular flexibility index (Phi) is 4.15. The molecule has 0 atom stereocenters. The number of aromatic nitrogens is 1. The highest BCUT2D eigenvalue weighted by Crippen LogP contribution is 2.11. The number of hydrogen-bond acceptors (Lipinski definition) is 2. The number of rotatable bonds is 4. The van der Waals surface area contributed by atoms with E-state index in [0.717, 1.165) is 10.9 Å². The summed E-state index contributed by atoms with van der Waals surface area (Å²) in [5, 5.41) is 0. The van der Waals surface area contributed by atoms with Gasteiger partial charge in [-0.05, 0) is 73.4 Å². The number of likely N-dealkylation sites (tertiary alicyclic amines) is 1. The molecule has 0 spiro atoms. The normalized spacial score (nSPS) is 17.1. The number of pyridine rings is 1. The lowest BCUT2D eigenvalue weighted by Gasteiger charge is -2.13. The van der Waals surface area contributed by atoms with E-state index in [0.29, 0.717) is 0 Å². The first-order chi connectivity index (χ1) is 7.34. The van der Waals surface area contributed by atoms with Gasteiger partial charge in [0.2, 0.25) is 0 Å². The molecule has 1 aliphatic rings. The highest BCUT2D eigenvalue weighted by Gasteiger charge is 2.10. The Morgan fingerprint density at radius 1 is 1.27 bits per heavy atom. The molecule has 0 amide bonds. The Labute approximate surface area is 99.8 Å². The highest BCUT2D eigenvalue weighted by molar-refractivity contribution is 9.10. The van der Waals surface area contributed by atoms with Crippen LogP contribution >= 0.6 is 15.9 Å². The molecule has 82 valence electrons. The molecule has 0 N–H and O–H groups in total. The van der Waals surface area contributed by atoms with Crippen molar-refractivity contribution in [2.24, 2.45) is 0 Å². The first-order valence-electron chi connectivity index (χ1n) is 5.67. The molecular formula is C12H17BrN2. The Hall–Kier alpha value is -0.410. The van der Waals surface area contributed by atoms with Crippen molar-refractivity contribution in [2.75, 3.05) is 19.6 Å². The van der Waals surface area contributed by atoms with Gasteiger partial charge in [-0.1, -0.05) is 0 Å². The van der Waals surface area contributed by atoms with Crippen molar-refractivity contribution >= 4 is 15.9 Å². The third-order valence-electron chi connectivity index (χ3n) is 2.89. The Morgan fingerprint density at radius 2 is 2.07 bits per heavy atom. The lowest BCUT2D eigenvalue weighted by molar-refractivity contribution is 0.333. The molecule has 2 nitrogen and oxygen atoms in total. The number of aryl methyl sites for hydroxylation is 1. The van der Waals surface area contributed by atoms with E-state index in [4.69, 9.17) is 0 Å². The fourth-order valence-electron chi connectivity index (χ4n) is 2.04. The molecule has 0 bridgehead atoms. The van der Waals surface area contributed by atoms with Crippen LogP contribution < -0.4 is 0 Å². The van der Waals surface area contributed by atoms with Gasteiger partial charge in [0.1, 0.15) is 0 Å². The molecule has 2 heterocycles. The van der Waals surface area contributed by atoms with Crippen molar-refractivity contribution in [1.29, 1.82) is 0 Å². The molecule has 1 aromatic rings. The molecule has 1 fully saturated rings. The van der Waals surface area contributed by atoms with Crippen molar-refractivity contribution in [3.8, 4) is 0 Å². The SMILES string of the molecule is Brc1ccc(CCCN2CCCC2)nc1. The van der Waals surface area contributed by atoms with Gasteiger partial charge in [-0.15, -0.1) is 0 Å². The predicted octanol–water partition coefficient (Wildman–Crippen LogP) is 2.87. The second kappa shape index (κ2) is 5.61. The minimum atomic E-state index is 1.06. The molecule has 1 aromatic heterocycles. The molecule has 2 rings (SSSR count). The Morgan fingerprint density at radius 3 is 2.73 bits per heavy atom. The van der Waals surface area contributed by atoms with E-state index in [2.05, 4.69) is 37.9 Å². The second-order valence-electron chi connectivity index (χ2n) is 4.12. The van der Waals surface area contributed by atoms with Crippen LogP contribution in [0.15, 0.2) is 22.8 Å². The predicted molar refractivity (Wildman–Crippen MR) is 65.9 cm³/mol. The van der Waals surface area contributed by atoms with Crippen LogP contribution in [0.5, 0.6) is 0 Å². The van der Waals surface area contributed by atoms with E-state index in [-0.39, 0.29) is 0 Å². The van der Waals surface area contributed by atoms with Crippen LogP contribution in [0.2, 0.25) is 0 Å². The smallest absolute Gasteiger partial charge is 0.0413 e. The van der Waals surface area contributed by atoms with Crippen LogP contribution in [0, 0.1) is 0 Å². The Balaban J connectivity index is 1.71. The third-order valence-corrected chi connectivity index (χ3v) is 3.36. The average molecular weight is 269 g/mol. The van der Waals surface area contributed by atoms with Gasteiger partial charge >= 0.3 is 0 Å². The van der Waals surface area contributed by atoms with Gasteiger partial charge in [-0.3, -0.25) is 4.98 Å². The fourth-order valence-corrected chi connectivity index (χ4v) is 2.28. The van der Waals surface area contributed by atoms with E-state index in [9.17, 15) is 0 Å².